The number of ether oxygens (including phenoxy) is 1. The van der Waals surface area contributed by atoms with Crippen molar-refractivity contribution in [3.63, 3.8) is 0 Å². The molecule has 1 amide bonds. The molecule has 28 heavy (non-hydrogen) atoms. The van der Waals surface area contributed by atoms with Crippen molar-refractivity contribution >= 4 is 22.4 Å². The van der Waals surface area contributed by atoms with E-state index >= 15 is 0 Å². The largest absolute Gasteiger partial charge is 0.573 e. The maximum Gasteiger partial charge on any atom is 0.573 e. The summed E-state index contributed by atoms with van der Waals surface area (Å²) < 4.78 is 40.3. The molecule has 0 radical (unpaired) electrons. The summed E-state index contributed by atoms with van der Waals surface area (Å²) in [7, 11) is 0. The van der Waals surface area contributed by atoms with Gasteiger partial charge in [0.1, 0.15) is 11.5 Å². The molecule has 0 aliphatic carbocycles. The molecule has 0 aromatic heterocycles. The van der Waals surface area contributed by atoms with Gasteiger partial charge in [-0.3, -0.25) is 15.6 Å². The Bertz CT molecular complexity index is 1030. The molecule has 3 aromatic rings. The lowest BCUT2D eigenvalue weighted by molar-refractivity contribution is -0.274. The van der Waals surface area contributed by atoms with Crippen LogP contribution in [0.3, 0.4) is 0 Å². The predicted molar refractivity (Wildman–Crippen MR) is 98.4 cm³/mol. The zero-order valence-corrected chi connectivity index (χ0v) is 14.4. The highest BCUT2D eigenvalue weighted by atomic mass is 19.4. The van der Waals surface area contributed by atoms with Gasteiger partial charge in [0.2, 0.25) is 0 Å². The van der Waals surface area contributed by atoms with Crippen LogP contribution in [-0.4, -0.2) is 17.4 Å². The lowest BCUT2D eigenvalue weighted by Gasteiger charge is -2.13. The molecule has 3 rings (SSSR count). The van der Waals surface area contributed by atoms with Gasteiger partial charge in [-0.05, 0) is 52.7 Å². The molecule has 0 fully saturated rings. The fourth-order valence-corrected chi connectivity index (χ4v) is 2.54. The number of aromatic hydroxyl groups is 1. The third-order valence-electron chi connectivity index (χ3n) is 3.87. The van der Waals surface area contributed by atoms with Crippen molar-refractivity contribution in [3.05, 3.63) is 78.4 Å². The number of amides is 1. The minimum atomic E-state index is -4.77. The van der Waals surface area contributed by atoms with Crippen LogP contribution in [0.25, 0.3) is 16.5 Å². The topological polar surface area (TPSA) is 70.6 Å². The van der Waals surface area contributed by atoms with Crippen LogP contribution in [0.2, 0.25) is 0 Å². The molecule has 0 atom stereocenters. The molecule has 8 heteroatoms. The Morgan fingerprint density at radius 1 is 0.964 bits per heavy atom. The quantitative estimate of drug-likeness (QED) is 0.569. The van der Waals surface area contributed by atoms with Gasteiger partial charge in [-0.25, -0.2) is 0 Å². The van der Waals surface area contributed by atoms with E-state index in [9.17, 15) is 23.1 Å². The van der Waals surface area contributed by atoms with E-state index in [0.29, 0.717) is 5.56 Å². The van der Waals surface area contributed by atoms with Crippen molar-refractivity contribution in [1.82, 2.24) is 10.9 Å². The maximum atomic E-state index is 12.3. The minimum Gasteiger partial charge on any atom is -0.507 e. The smallest absolute Gasteiger partial charge is 0.507 e. The van der Waals surface area contributed by atoms with Crippen molar-refractivity contribution in [1.29, 1.82) is 0 Å². The number of hydrogen-bond donors (Lipinski definition) is 3. The van der Waals surface area contributed by atoms with E-state index in [0.717, 1.165) is 22.9 Å². The average molecular weight is 388 g/mol. The van der Waals surface area contributed by atoms with Crippen LogP contribution < -0.4 is 15.6 Å². The van der Waals surface area contributed by atoms with E-state index in [2.05, 4.69) is 22.2 Å². The Balaban J connectivity index is 1.66. The Labute approximate surface area is 158 Å². The van der Waals surface area contributed by atoms with Gasteiger partial charge in [0.15, 0.2) is 0 Å². The van der Waals surface area contributed by atoms with Gasteiger partial charge in [0, 0.05) is 0 Å². The molecule has 0 saturated heterocycles. The zero-order valence-electron chi connectivity index (χ0n) is 14.4. The number of fused-ring (bicyclic) bond motifs is 1. The Kier molecular flexibility index (Phi) is 5.12. The molecule has 5 nitrogen and oxygen atoms in total. The molecule has 3 N–H and O–H groups in total. The molecule has 3 aromatic carbocycles. The second-order valence-corrected chi connectivity index (χ2v) is 5.85. The second-order valence-electron chi connectivity index (χ2n) is 5.85. The number of carbonyl (C=O) groups is 1. The third-order valence-corrected chi connectivity index (χ3v) is 3.87. The predicted octanol–water partition coefficient (Wildman–Crippen LogP) is 4.35. The van der Waals surface area contributed by atoms with E-state index in [1.807, 2.05) is 24.3 Å². The summed E-state index contributed by atoms with van der Waals surface area (Å²) in [6, 6.07) is 15.3. The molecular formula is C20H15F3N2O3. The van der Waals surface area contributed by atoms with Crippen LogP contribution in [0.5, 0.6) is 11.5 Å². The fourth-order valence-electron chi connectivity index (χ4n) is 2.54. The normalized spacial score (nSPS) is 11.1. The summed E-state index contributed by atoms with van der Waals surface area (Å²) in [6.45, 7) is 3.72. The molecule has 0 bridgehead atoms. The number of halogens is 3. The standard InChI is InChI=1S/C20H15F3N2O3/c1-12(13-6-8-16(9-7-13)28-20(21,22)23)24-25-19(27)17-10-14-4-2-3-5-15(14)11-18(17)26/h2-11,24,26H,1H2,(H,25,27). The molecule has 0 heterocycles. The molecule has 0 unspecified atom stereocenters. The minimum absolute atomic E-state index is 0.0629. The maximum absolute atomic E-state index is 12.3. The molecule has 144 valence electrons. The first-order valence-electron chi connectivity index (χ1n) is 8.06. The van der Waals surface area contributed by atoms with Crippen LogP contribution in [-0.2, 0) is 0 Å². The Hall–Kier alpha value is -3.68. The number of phenolic OH excluding ortho intramolecular Hbond substituents is 1. The molecule has 0 saturated carbocycles. The monoisotopic (exact) mass is 388 g/mol. The average Bonchev–Trinajstić information content (AvgIpc) is 2.64. The van der Waals surface area contributed by atoms with E-state index < -0.39 is 12.3 Å². The van der Waals surface area contributed by atoms with Gasteiger partial charge in [-0.1, -0.05) is 30.8 Å². The van der Waals surface area contributed by atoms with E-state index in [-0.39, 0.29) is 22.8 Å². The van der Waals surface area contributed by atoms with Crippen LogP contribution in [0.1, 0.15) is 15.9 Å². The molecule has 0 aliphatic heterocycles. The van der Waals surface area contributed by atoms with Gasteiger partial charge in [0.25, 0.3) is 5.91 Å². The fraction of sp³-hybridized carbons (Fsp3) is 0.0500. The van der Waals surface area contributed by atoms with Crippen LogP contribution in [0.15, 0.2) is 67.2 Å². The van der Waals surface area contributed by atoms with E-state index in [1.165, 1.54) is 18.2 Å². The molecule has 0 spiro atoms. The first-order chi connectivity index (χ1) is 13.2. The van der Waals surface area contributed by atoms with Gasteiger partial charge < -0.3 is 9.84 Å². The number of phenols is 1. The first-order valence-corrected chi connectivity index (χ1v) is 8.06. The number of hydrogen-bond acceptors (Lipinski definition) is 4. The van der Waals surface area contributed by atoms with Crippen LogP contribution in [0, 0.1) is 0 Å². The number of nitrogens with one attached hydrogen (secondary N) is 2. The summed E-state index contributed by atoms with van der Waals surface area (Å²) >= 11 is 0. The zero-order chi connectivity index (χ0) is 20.3. The van der Waals surface area contributed by atoms with Crippen LogP contribution in [0.4, 0.5) is 13.2 Å². The van der Waals surface area contributed by atoms with Crippen LogP contribution >= 0.6 is 0 Å². The summed E-state index contributed by atoms with van der Waals surface area (Å²) in [6.07, 6.45) is -4.77. The summed E-state index contributed by atoms with van der Waals surface area (Å²) in [5.41, 5.74) is 5.72. The van der Waals surface area contributed by atoms with E-state index in [1.54, 1.807) is 6.07 Å². The van der Waals surface area contributed by atoms with Crippen molar-refractivity contribution in [3.8, 4) is 11.5 Å². The van der Waals surface area contributed by atoms with Gasteiger partial charge in [-0.2, -0.15) is 0 Å². The Morgan fingerprint density at radius 2 is 1.57 bits per heavy atom. The van der Waals surface area contributed by atoms with Gasteiger partial charge in [0.05, 0.1) is 11.3 Å². The van der Waals surface area contributed by atoms with E-state index in [4.69, 9.17) is 0 Å². The summed E-state index contributed by atoms with van der Waals surface area (Å²) in [5.74, 6) is -1.15. The SMILES string of the molecule is C=C(NNC(=O)c1cc2ccccc2cc1O)c1ccc(OC(F)(F)F)cc1. The summed E-state index contributed by atoms with van der Waals surface area (Å²) in [4.78, 5) is 12.3. The molecular weight excluding hydrogens is 373 g/mol. The highest BCUT2D eigenvalue weighted by Crippen LogP contribution is 2.25. The highest BCUT2D eigenvalue weighted by molar-refractivity contribution is 6.01. The van der Waals surface area contributed by atoms with Crippen molar-refractivity contribution in [2.45, 2.75) is 6.36 Å². The van der Waals surface area contributed by atoms with Gasteiger partial charge in [-0.15, -0.1) is 13.2 Å². The summed E-state index contributed by atoms with van der Waals surface area (Å²) in [5, 5.41) is 11.6. The van der Waals surface area contributed by atoms with Crippen molar-refractivity contribution in [2.24, 2.45) is 0 Å². The van der Waals surface area contributed by atoms with Gasteiger partial charge >= 0.3 is 6.36 Å². The van der Waals surface area contributed by atoms with Crippen molar-refractivity contribution < 1.29 is 27.8 Å². The number of benzene rings is 3. The number of alkyl halides is 3. The number of rotatable bonds is 5. The second kappa shape index (κ2) is 7.51. The number of hydrazine groups is 1. The third kappa shape index (κ3) is 4.53. The highest BCUT2D eigenvalue weighted by Gasteiger charge is 2.30. The molecule has 0 aliphatic rings. The first kappa shape index (κ1) is 19.1. The lowest BCUT2D eigenvalue weighted by Crippen LogP contribution is -2.35. The Morgan fingerprint density at radius 3 is 2.18 bits per heavy atom. The number of carbonyl (C=O) groups excluding carboxylic acids is 1. The van der Waals surface area contributed by atoms with Crippen molar-refractivity contribution in [2.75, 3.05) is 0 Å². The lowest BCUT2D eigenvalue weighted by atomic mass is 10.1.